The zero-order valence-electron chi connectivity index (χ0n) is 12.2. The number of carbonyl (C=O) groups excluding carboxylic acids is 1. The zero-order chi connectivity index (χ0) is 15.5. The number of halogens is 4. The van der Waals surface area contributed by atoms with Crippen LogP contribution in [0.15, 0.2) is 0 Å². The van der Waals surface area contributed by atoms with Gasteiger partial charge in [-0.05, 0) is 44.9 Å². The van der Waals surface area contributed by atoms with Crippen LogP contribution in [0.5, 0.6) is 0 Å². The number of hydrogen-bond acceptors (Lipinski definition) is 1. The summed E-state index contributed by atoms with van der Waals surface area (Å²) in [5.74, 6) is -1.74. The fraction of sp³-hybridized carbons (Fsp3) is 0.933. The lowest BCUT2D eigenvalue weighted by atomic mass is 9.80. The fourth-order valence-electron chi connectivity index (χ4n) is 3.68. The summed E-state index contributed by atoms with van der Waals surface area (Å²) in [5.41, 5.74) is 0. The van der Waals surface area contributed by atoms with Crippen molar-refractivity contribution in [3.05, 3.63) is 0 Å². The van der Waals surface area contributed by atoms with E-state index < -0.39 is 18.0 Å². The molecular weight excluding hydrogens is 347 g/mol. The van der Waals surface area contributed by atoms with Gasteiger partial charge in [-0.2, -0.15) is 13.2 Å². The maximum Gasteiger partial charge on any atom is 0.391 e. The third-order valence-electron chi connectivity index (χ3n) is 4.82. The minimum absolute atomic E-state index is 0.00992. The van der Waals surface area contributed by atoms with Crippen molar-refractivity contribution in [1.29, 1.82) is 0 Å². The molecule has 1 saturated carbocycles. The number of nitrogens with zero attached hydrogens (tertiary/aromatic N) is 1. The Morgan fingerprint density at radius 2 is 1.95 bits per heavy atom. The molecule has 3 atom stereocenters. The Hall–Kier alpha value is -0.260. The smallest absolute Gasteiger partial charge is 0.339 e. The molecule has 2 aliphatic rings. The van der Waals surface area contributed by atoms with Crippen molar-refractivity contribution < 1.29 is 18.0 Å². The van der Waals surface area contributed by atoms with Crippen molar-refractivity contribution in [2.24, 2.45) is 11.8 Å². The van der Waals surface area contributed by atoms with Crippen LogP contribution in [0.1, 0.15) is 51.4 Å². The van der Waals surface area contributed by atoms with Crippen LogP contribution in [0.4, 0.5) is 13.2 Å². The first kappa shape index (κ1) is 17.1. The van der Waals surface area contributed by atoms with Gasteiger partial charge in [0.2, 0.25) is 5.91 Å². The molecule has 2 rings (SSSR count). The van der Waals surface area contributed by atoms with Crippen LogP contribution in [-0.2, 0) is 4.79 Å². The number of hydrogen-bond donors (Lipinski definition) is 0. The predicted octanol–water partition coefficient (Wildman–Crippen LogP) is 4.52. The second-order valence-corrected chi connectivity index (χ2v) is 7.05. The summed E-state index contributed by atoms with van der Waals surface area (Å²) in [6.07, 6.45) is 1.08. The highest BCUT2D eigenvalue weighted by molar-refractivity contribution is 9.09. The van der Waals surface area contributed by atoms with Crippen LogP contribution in [0.3, 0.4) is 0 Å². The molecule has 1 aliphatic heterocycles. The second-order valence-electron chi connectivity index (χ2n) is 6.26. The van der Waals surface area contributed by atoms with Gasteiger partial charge in [0.05, 0.1) is 5.92 Å². The third kappa shape index (κ3) is 4.36. The van der Waals surface area contributed by atoms with Crippen LogP contribution in [0, 0.1) is 11.8 Å². The van der Waals surface area contributed by atoms with Crippen molar-refractivity contribution in [3.8, 4) is 0 Å². The van der Waals surface area contributed by atoms with Gasteiger partial charge in [-0.15, -0.1) is 0 Å². The summed E-state index contributed by atoms with van der Waals surface area (Å²) in [7, 11) is 0. The van der Waals surface area contributed by atoms with E-state index in [0.717, 1.165) is 37.6 Å². The minimum Gasteiger partial charge on any atom is -0.339 e. The second kappa shape index (κ2) is 7.34. The predicted molar refractivity (Wildman–Crippen MR) is 79.3 cm³/mol. The SMILES string of the molecule is O=C(C1CCCC(C(F)(F)F)C1)N1CCCC1CCCBr. The van der Waals surface area contributed by atoms with Crippen LogP contribution in [0.25, 0.3) is 0 Å². The van der Waals surface area contributed by atoms with Gasteiger partial charge in [-0.1, -0.05) is 22.4 Å². The normalized spacial score (nSPS) is 30.7. The summed E-state index contributed by atoms with van der Waals surface area (Å²) >= 11 is 3.39. The molecule has 0 N–H and O–H groups in total. The first-order valence-electron chi connectivity index (χ1n) is 7.86. The Kier molecular flexibility index (Phi) is 5.97. The molecule has 0 aromatic rings. The highest BCUT2D eigenvalue weighted by Crippen LogP contribution is 2.41. The van der Waals surface area contributed by atoms with E-state index >= 15 is 0 Å². The molecule has 2 nitrogen and oxygen atoms in total. The lowest BCUT2D eigenvalue weighted by molar-refractivity contribution is -0.187. The van der Waals surface area contributed by atoms with E-state index in [1.54, 1.807) is 0 Å². The van der Waals surface area contributed by atoms with Crippen LogP contribution >= 0.6 is 15.9 Å². The first-order chi connectivity index (χ1) is 9.93. The van der Waals surface area contributed by atoms with E-state index in [4.69, 9.17) is 0 Å². The highest BCUT2D eigenvalue weighted by atomic mass is 79.9. The molecule has 3 unspecified atom stereocenters. The molecule has 1 aliphatic carbocycles. The molecule has 0 spiro atoms. The Morgan fingerprint density at radius 3 is 2.62 bits per heavy atom. The summed E-state index contributed by atoms with van der Waals surface area (Å²) in [5, 5.41) is 0.908. The summed E-state index contributed by atoms with van der Waals surface area (Å²) in [4.78, 5) is 14.5. The van der Waals surface area contributed by atoms with E-state index in [1.165, 1.54) is 0 Å². The quantitative estimate of drug-likeness (QED) is 0.667. The number of alkyl halides is 4. The van der Waals surface area contributed by atoms with Gasteiger partial charge in [-0.25, -0.2) is 0 Å². The molecule has 1 amide bonds. The van der Waals surface area contributed by atoms with Gasteiger partial charge in [-0.3, -0.25) is 4.79 Å². The topological polar surface area (TPSA) is 20.3 Å². The zero-order valence-corrected chi connectivity index (χ0v) is 13.8. The van der Waals surface area contributed by atoms with Crippen LogP contribution < -0.4 is 0 Å². The molecule has 122 valence electrons. The Bertz CT molecular complexity index is 361. The van der Waals surface area contributed by atoms with Crippen molar-refractivity contribution in [2.75, 3.05) is 11.9 Å². The molecular formula is C15H23BrF3NO. The average Bonchev–Trinajstić information content (AvgIpc) is 2.92. The highest BCUT2D eigenvalue weighted by Gasteiger charge is 2.45. The molecule has 2 fully saturated rings. The average molecular weight is 370 g/mol. The third-order valence-corrected chi connectivity index (χ3v) is 5.38. The maximum atomic E-state index is 12.9. The Labute approximate surface area is 132 Å². The molecule has 0 radical (unpaired) electrons. The van der Waals surface area contributed by atoms with Gasteiger partial charge >= 0.3 is 6.18 Å². The lowest BCUT2D eigenvalue weighted by Crippen LogP contribution is -2.42. The van der Waals surface area contributed by atoms with Crippen molar-refractivity contribution >= 4 is 21.8 Å². The first-order valence-corrected chi connectivity index (χ1v) is 8.98. The van der Waals surface area contributed by atoms with E-state index in [0.29, 0.717) is 12.8 Å². The number of carbonyl (C=O) groups is 1. The summed E-state index contributed by atoms with van der Waals surface area (Å²) in [6.45, 7) is 0.721. The number of amides is 1. The molecule has 1 heterocycles. The number of likely N-dealkylation sites (tertiary alicyclic amines) is 1. The van der Waals surface area contributed by atoms with Gasteiger partial charge in [0, 0.05) is 23.8 Å². The lowest BCUT2D eigenvalue weighted by Gasteiger charge is -2.34. The molecule has 0 bridgehead atoms. The number of rotatable bonds is 4. The summed E-state index contributed by atoms with van der Waals surface area (Å²) < 4.78 is 38.6. The van der Waals surface area contributed by atoms with Crippen LogP contribution in [-0.4, -0.2) is 34.9 Å². The van der Waals surface area contributed by atoms with Crippen molar-refractivity contribution in [2.45, 2.75) is 63.6 Å². The molecule has 21 heavy (non-hydrogen) atoms. The van der Waals surface area contributed by atoms with Crippen molar-refractivity contribution in [1.82, 2.24) is 4.90 Å². The van der Waals surface area contributed by atoms with Gasteiger partial charge in [0.15, 0.2) is 0 Å². The molecule has 0 aromatic heterocycles. The minimum atomic E-state index is -4.15. The van der Waals surface area contributed by atoms with Gasteiger partial charge in [0.1, 0.15) is 0 Å². The van der Waals surface area contributed by atoms with E-state index in [-0.39, 0.29) is 24.8 Å². The van der Waals surface area contributed by atoms with E-state index in [2.05, 4.69) is 15.9 Å². The van der Waals surface area contributed by atoms with Crippen LogP contribution in [0.2, 0.25) is 0 Å². The van der Waals surface area contributed by atoms with Crippen molar-refractivity contribution in [3.63, 3.8) is 0 Å². The monoisotopic (exact) mass is 369 g/mol. The summed E-state index contributed by atoms with van der Waals surface area (Å²) in [6, 6.07) is 0.237. The standard InChI is InChI=1S/C15H23BrF3NO/c16-8-2-6-13-7-3-9-20(13)14(21)11-4-1-5-12(10-11)15(17,18)19/h11-13H,1-10H2. The Morgan fingerprint density at radius 1 is 1.19 bits per heavy atom. The Balaban J connectivity index is 1.95. The molecule has 0 aromatic carbocycles. The van der Waals surface area contributed by atoms with E-state index in [9.17, 15) is 18.0 Å². The molecule has 6 heteroatoms. The fourth-order valence-corrected chi connectivity index (χ4v) is 4.01. The van der Waals surface area contributed by atoms with Gasteiger partial charge in [0.25, 0.3) is 0 Å². The van der Waals surface area contributed by atoms with Gasteiger partial charge < -0.3 is 4.90 Å². The van der Waals surface area contributed by atoms with E-state index in [1.807, 2.05) is 4.90 Å². The molecule has 1 saturated heterocycles. The maximum absolute atomic E-state index is 12.9. The largest absolute Gasteiger partial charge is 0.391 e.